The molecule has 2 unspecified atom stereocenters. The number of carbonyl (C=O) groups excluding carboxylic acids is 2. The van der Waals surface area contributed by atoms with E-state index in [1.807, 2.05) is 9.80 Å². The fourth-order valence-corrected chi connectivity index (χ4v) is 6.28. The largest absolute Gasteiger partial charge is 0.339 e. The van der Waals surface area contributed by atoms with Crippen LogP contribution in [-0.2, 0) is 16.0 Å². The Hall–Kier alpha value is -1.66. The van der Waals surface area contributed by atoms with Crippen molar-refractivity contribution in [3.63, 3.8) is 0 Å². The number of hydrogen-bond donors (Lipinski definition) is 0. The summed E-state index contributed by atoms with van der Waals surface area (Å²) in [5.74, 6) is 0.0794. The van der Waals surface area contributed by atoms with Gasteiger partial charge >= 0.3 is 0 Å². The van der Waals surface area contributed by atoms with Gasteiger partial charge in [-0.3, -0.25) is 9.59 Å². The highest BCUT2D eigenvalue weighted by Gasteiger charge is 2.42. The summed E-state index contributed by atoms with van der Waals surface area (Å²) in [7, 11) is 0. The zero-order valence-electron chi connectivity index (χ0n) is 15.9. The third-order valence-corrected chi connectivity index (χ3v) is 7.87. The first-order chi connectivity index (χ1) is 13.1. The van der Waals surface area contributed by atoms with Crippen molar-refractivity contribution in [2.45, 2.75) is 51.6 Å². The molecule has 6 heteroatoms. The molecule has 4 heterocycles. The summed E-state index contributed by atoms with van der Waals surface area (Å²) < 4.78 is 0. The number of rotatable bonds is 5. The van der Waals surface area contributed by atoms with E-state index in [0.29, 0.717) is 13.0 Å². The highest BCUT2D eigenvalue weighted by molar-refractivity contribution is 7.10. The molecule has 0 N–H and O–H groups in total. The van der Waals surface area contributed by atoms with Crippen LogP contribution in [0.25, 0.3) is 0 Å². The number of nitrogens with zero attached hydrogens (tertiary/aromatic N) is 2. The molecule has 144 valence electrons. The van der Waals surface area contributed by atoms with Crippen LogP contribution < -0.4 is 0 Å². The van der Waals surface area contributed by atoms with E-state index >= 15 is 0 Å². The van der Waals surface area contributed by atoms with Gasteiger partial charge in [0, 0.05) is 35.3 Å². The molecule has 0 bridgehead atoms. The van der Waals surface area contributed by atoms with Gasteiger partial charge in [0.2, 0.25) is 11.8 Å². The van der Waals surface area contributed by atoms with Crippen LogP contribution in [0.15, 0.2) is 29.0 Å². The highest BCUT2D eigenvalue weighted by Crippen LogP contribution is 2.40. The molecule has 2 aliphatic heterocycles. The molecule has 2 atom stereocenters. The molecule has 4 nitrogen and oxygen atoms in total. The number of fused-ring (bicyclic) bond motifs is 1. The van der Waals surface area contributed by atoms with Crippen molar-refractivity contribution >= 4 is 34.5 Å². The summed E-state index contributed by atoms with van der Waals surface area (Å²) in [6.45, 7) is 5.55. The lowest BCUT2D eigenvalue weighted by Gasteiger charge is -2.37. The standard InChI is InChI=1S/C21H26N2O2S2/c1-3-15(4-2)23-13-14(12-19(23)24)21(25)22-9-7-17-16(8-11-27-17)20(22)18-6-5-10-26-18/h5-6,8,10-11,14-15,20H,3-4,7,9,12-13H2,1-2H3. The Morgan fingerprint density at radius 3 is 2.74 bits per heavy atom. The van der Waals surface area contributed by atoms with E-state index in [1.165, 1.54) is 15.3 Å². The first-order valence-corrected chi connectivity index (χ1v) is 11.6. The first kappa shape index (κ1) is 18.7. The monoisotopic (exact) mass is 402 g/mol. The highest BCUT2D eigenvalue weighted by atomic mass is 32.1. The molecule has 0 saturated carbocycles. The number of hydrogen-bond acceptors (Lipinski definition) is 4. The van der Waals surface area contributed by atoms with Crippen molar-refractivity contribution in [3.05, 3.63) is 44.3 Å². The molecule has 4 rings (SSSR count). The minimum atomic E-state index is -0.208. The summed E-state index contributed by atoms with van der Waals surface area (Å²) in [4.78, 5) is 32.6. The molecule has 2 aliphatic rings. The number of likely N-dealkylation sites (tertiary alicyclic amines) is 1. The normalized spacial score (nSPS) is 22.6. The van der Waals surface area contributed by atoms with Crippen LogP contribution in [0.2, 0.25) is 0 Å². The summed E-state index contributed by atoms with van der Waals surface area (Å²) in [6.07, 6.45) is 3.17. The van der Waals surface area contributed by atoms with Gasteiger partial charge in [-0.2, -0.15) is 0 Å². The molecule has 1 saturated heterocycles. The lowest BCUT2D eigenvalue weighted by Crippen LogP contribution is -2.44. The van der Waals surface area contributed by atoms with Crippen LogP contribution >= 0.6 is 22.7 Å². The zero-order chi connectivity index (χ0) is 19.0. The smallest absolute Gasteiger partial charge is 0.228 e. The van der Waals surface area contributed by atoms with Crippen LogP contribution in [0.1, 0.15) is 54.5 Å². The van der Waals surface area contributed by atoms with Crippen molar-refractivity contribution in [3.8, 4) is 0 Å². The molecule has 2 aromatic rings. The first-order valence-electron chi connectivity index (χ1n) is 9.83. The minimum Gasteiger partial charge on any atom is -0.339 e. The molecular weight excluding hydrogens is 376 g/mol. The van der Waals surface area contributed by atoms with Gasteiger partial charge in [0.25, 0.3) is 0 Å². The van der Waals surface area contributed by atoms with Crippen molar-refractivity contribution in [2.24, 2.45) is 5.92 Å². The SMILES string of the molecule is CCC(CC)N1CC(C(=O)N2CCc3sccc3C2c2cccs2)CC1=O. The fraction of sp³-hybridized carbons (Fsp3) is 0.524. The molecule has 0 aliphatic carbocycles. The molecule has 2 amide bonds. The van der Waals surface area contributed by atoms with E-state index in [4.69, 9.17) is 0 Å². The Kier molecular flexibility index (Phi) is 5.37. The summed E-state index contributed by atoms with van der Waals surface area (Å²) in [5, 5.41) is 4.21. The predicted octanol–water partition coefficient (Wildman–Crippen LogP) is 4.32. The van der Waals surface area contributed by atoms with E-state index in [0.717, 1.165) is 25.8 Å². The van der Waals surface area contributed by atoms with Crippen molar-refractivity contribution < 1.29 is 9.59 Å². The minimum absolute atomic E-state index is 0.00444. The van der Waals surface area contributed by atoms with Gasteiger partial charge in [-0.25, -0.2) is 0 Å². The van der Waals surface area contributed by atoms with Crippen molar-refractivity contribution in [1.29, 1.82) is 0 Å². The van der Waals surface area contributed by atoms with Crippen LogP contribution in [0, 0.1) is 5.92 Å². The van der Waals surface area contributed by atoms with Gasteiger partial charge in [0.1, 0.15) is 0 Å². The zero-order valence-corrected chi connectivity index (χ0v) is 17.5. The number of amides is 2. The van der Waals surface area contributed by atoms with Gasteiger partial charge in [0.05, 0.1) is 12.0 Å². The second-order valence-corrected chi connectivity index (χ2v) is 9.40. The van der Waals surface area contributed by atoms with E-state index in [-0.39, 0.29) is 29.8 Å². The maximum atomic E-state index is 13.5. The molecule has 2 aromatic heterocycles. The summed E-state index contributed by atoms with van der Waals surface area (Å²) >= 11 is 3.49. The second-order valence-electron chi connectivity index (χ2n) is 7.42. The third-order valence-electron chi connectivity index (χ3n) is 5.95. The fourth-order valence-electron chi connectivity index (χ4n) is 4.52. The lowest BCUT2D eigenvalue weighted by atomic mass is 9.96. The number of thiophene rings is 2. The van der Waals surface area contributed by atoms with Gasteiger partial charge in [-0.05, 0) is 47.7 Å². The van der Waals surface area contributed by atoms with Gasteiger partial charge in [-0.1, -0.05) is 19.9 Å². The van der Waals surface area contributed by atoms with Crippen LogP contribution in [0.5, 0.6) is 0 Å². The Morgan fingerprint density at radius 2 is 2.04 bits per heavy atom. The molecule has 1 fully saturated rings. The molecule has 27 heavy (non-hydrogen) atoms. The molecule has 0 radical (unpaired) electrons. The number of carbonyl (C=O) groups is 2. The van der Waals surface area contributed by atoms with Crippen LogP contribution in [-0.4, -0.2) is 40.7 Å². The molecular formula is C21H26N2O2S2. The predicted molar refractivity (Wildman–Crippen MR) is 110 cm³/mol. The van der Waals surface area contributed by atoms with Gasteiger partial charge < -0.3 is 9.80 Å². The second kappa shape index (κ2) is 7.76. The maximum Gasteiger partial charge on any atom is 0.228 e. The van der Waals surface area contributed by atoms with Crippen LogP contribution in [0.4, 0.5) is 0 Å². The summed E-state index contributed by atoms with van der Waals surface area (Å²) in [6, 6.07) is 6.61. The van der Waals surface area contributed by atoms with E-state index in [1.54, 1.807) is 22.7 Å². The third kappa shape index (κ3) is 3.34. The Bertz CT molecular complexity index is 810. The van der Waals surface area contributed by atoms with E-state index < -0.39 is 0 Å². The quantitative estimate of drug-likeness (QED) is 0.747. The molecule has 0 spiro atoms. The Morgan fingerprint density at radius 1 is 1.22 bits per heavy atom. The van der Waals surface area contributed by atoms with Gasteiger partial charge in [-0.15, -0.1) is 22.7 Å². The average Bonchev–Trinajstić information content (AvgIpc) is 3.42. The Labute approximate surface area is 168 Å². The van der Waals surface area contributed by atoms with E-state index in [2.05, 4.69) is 42.8 Å². The van der Waals surface area contributed by atoms with Crippen molar-refractivity contribution in [1.82, 2.24) is 9.80 Å². The Balaban J connectivity index is 1.59. The van der Waals surface area contributed by atoms with Crippen LogP contribution in [0.3, 0.4) is 0 Å². The molecule has 0 aromatic carbocycles. The van der Waals surface area contributed by atoms with Crippen molar-refractivity contribution in [2.75, 3.05) is 13.1 Å². The summed E-state index contributed by atoms with van der Waals surface area (Å²) in [5.41, 5.74) is 1.27. The maximum absolute atomic E-state index is 13.5. The topological polar surface area (TPSA) is 40.6 Å². The van der Waals surface area contributed by atoms with E-state index in [9.17, 15) is 9.59 Å². The van der Waals surface area contributed by atoms with Gasteiger partial charge in [0.15, 0.2) is 0 Å². The lowest BCUT2D eigenvalue weighted by molar-refractivity contribution is -0.137. The average molecular weight is 403 g/mol.